The minimum atomic E-state index is -0.906. The number of amides is 2. The second-order valence-corrected chi connectivity index (χ2v) is 5.35. The summed E-state index contributed by atoms with van der Waals surface area (Å²) in [6, 6.07) is 5.38. The van der Waals surface area contributed by atoms with Crippen LogP contribution in [-0.2, 0) is 14.3 Å². The van der Waals surface area contributed by atoms with Crippen molar-refractivity contribution in [1.29, 1.82) is 0 Å². The number of ether oxygens (including phenoxy) is 1. The van der Waals surface area contributed by atoms with Gasteiger partial charge in [-0.25, -0.2) is 4.39 Å². The van der Waals surface area contributed by atoms with Gasteiger partial charge >= 0.3 is 0 Å². The molecule has 0 unspecified atom stereocenters. The largest absolute Gasteiger partial charge is 0.356 e. The van der Waals surface area contributed by atoms with Crippen molar-refractivity contribution in [3.63, 3.8) is 0 Å². The molecule has 1 aromatic rings. The Kier molecular flexibility index (Phi) is 5.49. The smallest absolute Gasteiger partial charge is 0.251 e. The Bertz CT molecular complexity index is 550. The highest BCUT2D eigenvalue weighted by molar-refractivity contribution is 5.86. The number of rotatable bonds is 5. The Hall–Kier alpha value is -1.95. The minimum absolute atomic E-state index is 0.173. The van der Waals surface area contributed by atoms with Gasteiger partial charge in [-0.1, -0.05) is 31.5 Å². The number of benzene rings is 1. The third kappa shape index (κ3) is 3.44. The minimum Gasteiger partial charge on any atom is -0.356 e. The topological polar surface area (TPSA) is 58.6 Å². The van der Waals surface area contributed by atoms with E-state index in [1.54, 1.807) is 25.2 Å². The van der Waals surface area contributed by atoms with Gasteiger partial charge < -0.3 is 15.0 Å². The molecule has 1 saturated heterocycles. The van der Waals surface area contributed by atoms with Gasteiger partial charge in [-0.05, 0) is 12.5 Å². The lowest BCUT2D eigenvalue weighted by Crippen LogP contribution is -2.53. The van der Waals surface area contributed by atoms with Gasteiger partial charge in [0.1, 0.15) is 12.4 Å². The molecule has 1 aliphatic rings. The number of unbranched alkanes of at least 4 members (excludes halogenated alkanes) is 1. The SMILES string of the molecule is CCCCNC(=O)[C@H]1OCC(=O)N(C)[C@@H]1c1ccccc1F. The molecule has 0 aromatic heterocycles. The molecule has 0 spiro atoms. The average Bonchev–Trinajstić information content (AvgIpc) is 2.51. The van der Waals surface area contributed by atoms with E-state index in [2.05, 4.69) is 5.32 Å². The van der Waals surface area contributed by atoms with Gasteiger partial charge in [-0.2, -0.15) is 0 Å². The standard InChI is InChI=1S/C16H21FN2O3/c1-3-4-9-18-16(21)15-14(19(2)13(20)10-22-15)11-7-5-6-8-12(11)17/h5-8,14-15H,3-4,9-10H2,1-2H3,(H,18,21)/t14-,15+/m1/s1. The van der Waals surface area contributed by atoms with Crippen LogP contribution < -0.4 is 5.32 Å². The maximum atomic E-state index is 14.1. The molecule has 0 aliphatic carbocycles. The summed E-state index contributed by atoms with van der Waals surface area (Å²) in [4.78, 5) is 25.6. The quantitative estimate of drug-likeness (QED) is 0.841. The van der Waals surface area contributed by atoms with Crippen LogP contribution in [0.4, 0.5) is 4.39 Å². The highest BCUT2D eigenvalue weighted by Crippen LogP contribution is 2.30. The van der Waals surface area contributed by atoms with Crippen molar-refractivity contribution in [3.8, 4) is 0 Å². The Morgan fingerprint density at radius 2 is 2.18 bits per heavy atom. The lowest BCUT2D eigenvalue weighted by atomic mass is 9.97. The normalized spacial score (nSPS) is 21.8. The molecule has 1 aromatic carbocycles. The number of morpholine rings is 1. The van der Waals surface area contributed by atoms with E-state index in [4.69, 9.17) is 4.74 Å². The summed E-state index contributed by atoms with van der Waals surface area (Å²) >= 11 is 0. The Labute approximate surface area is 129 Å². The molecular formula is C16H21FN2O3. The van der Waals surface area contributed by atoms with Crippen LogP contribution in [0.2, 0.25) is 0 Å². The highest BCUT2D eigenvalue weighted by Gasteiger charge is 2.40. The zero-order chi connectivity index (χ0) is 16.1. The first-order valence-electron chi connectivity index (χ1n) is 7.45. The van der Waals surface area contributed by atoms with Crippen molar-refractivity contribution >= 4 is 11.8 Å². The van der Waals surface area contributed by atoms with E-state index in [9.17, 15) is 14.0 Å². The molecule has 120 valence electrons. The number of hydrogen-bond donors (Lipinski definition) is 1. The number of nitrogens with zero attached hydrogens (tertiary/aromatic N) is 1. The number of carbonyl (C=O) groups excluding carboxylic acids is 2. The van der Waals surface area contributed by atoms with Crippen molar-refractivity contribution in [3.05, 3.63) is 35.6 Å². The molecule has 2 amide bonds. The second kappa shape index (κ2) is 7.35. The maximum absolute atomic E-state index is 14.1. The summed E-state index contributed by atoms with van der Waals surface area (Å²) in [6.45, 7) is 2.39. The molecule has 1 N–H and O–H groups in total. The van der Waals surface area contributed by atoms with E-state index in [1.807, 2.05) is 6.92 Å². The summed E-state index contributed by atoms with van der Waals surface area (Å²) in [5.41, 5.74) is 0.286. The summed E-state index contributed by atoms with van der Waals surface area (Å²) in [5, 5.41) is 2.78. The van der Waals surface area contributed by atoms with Gasteiger partial charge in [-0.15, -0.1) is 0 Å². The van der Waals surface area contributed by atoms with Gasteiger partial charge in [0.25, 0.3) is 5.91 Å². The monoisotopic (exact) mass is 308 g/mol. The van der Waals surface area contributed by atoms with Crippen molar-refractivity contribution in [2.75, 3.05) is 20.2 Å². The van der Waals surface area contributed by atoms with Crippen molar-refractivity contribution in [1.82, 2.24) is 10.2 Å². The Morgan fingerprint density at radius 1 is 1.45 bits per heavy atom. The summed E-state index contributed by atoms with van der Waals surface area (Å²) in [6.07, 6.45) is 0.912. The first-order valence-corrected chi connectivity index (χ1v) is 7.45. The lowest BCUT2D eigenvalue weighted by Gasteiger charge is -2.38. The fourth-order valence-electron chi connectivity index (χ4n) is 2.51. The van der Waals surface area contributed by atoms with Gasteiger partial charge in [-0.3, -0.25) is 9.59 Å². The molecule has 2 atom stereocenters. The van der Waals surface area contributed by atoms with E-state index in [-0.39, 0.29) is 24.0 Å². The molecule has 6 heteroatoms. The van der Waals surface area contributed by atoms with Gasteiger partial charge in [0.15, 0.2) is 6.10 Å². The summed E-state index contributed by atoms with van der Waals surface area (Å²) in [5.74, 6) is -1.05. The van der Waals surface area contributed by atoms with E-state index in [0.717, 1.165) is 12.8 Å². The molecule has 0 saturated carbocycles. The van der Waals surface area contributed by atoms with Crippen LogP contribution in [0.1, 0.15) is 31.4 Å². The van der Waals surface area contributed by atoms with Gasteiger partial charge in [0.05, 0.1) is 6.04 Å². The molecule has 22 heavy (non-hydrogen) atoms. The first kappa shape index (κ1) is 16.4. The zero-order valence-corrected chi connectivity index (χ0v) is 12.8. The van der Waals surface area contributed by atoms with E-state index in [0.29, 0.717) is 6.54 Å². The number of halogens is 1. The molecule has 1 aliphatic heterocycles. The van der Waals surface area contributed by atoms with Crippen LogP contribution in [0.5, 0.6) is 0 Å². The third-order valence-electron chi connectivity index (χ3n) is 3.80. The average molecular weight is 308 g/mol. The molecule has 1 heterocycles. The van der Waals surface area contributed by atoms with Crippen molar-refractivity contribution < 1.29 is 18.7 Å². The zero-order valence-electron chi connectivity index (χ0n) is 12.8. The molecule has 0 radical (unpaired) electrons. The first-order chi connectivity index (χ1) is 10.6. The van der Waals surface area contributed by atoms with Crippen LogP contribution in [0.3, 0.4) is 0 Å². The lowest BCUT2D eigenvalue weighted by molar-refractivity contribution is -0.162. The van der Waals surface area contributed by atoms with Crippen LogP contribution in [0, 0.1) is 5.82 Å². The van der Waals surface area contributed by atoms with Crippen molar-refractivity contribution in [2.45, 2.75) is 31.9 Å². The van der Waals surface area contributed by atoms with E-state index < -0.39 is 18.0 Å². The maximum Gasteiger partial charge on any atom is 0.251 e. The molecule has 5 nitrogen and oxygen atoms in total. The Balaban J connectivity index is 2.25. The van der Waals surface area contributed by atoms with Crippen LogP contribution >= 0.6 is 0 Å². The summed E-state index contributed by atoms with van der Waals surface area (Å²) < 4.78 is 19.5. The van der Waals surface area contributed by atoms with E-state index >= 15 is 0 Å². The summed E-state index contributed by atoms with van der Waals surface area (Å²) in [7, 11) is 1.56. The van der Waals surface area contributed by atoms with Gasteiger partial charge in [0.2, 0.25) is 5.91 Å². The highest BCUT2D eigenvalue weighted by atomic mass is 19.1. The Morgan fingerprint density at radius 3 is 2.86 bits per heavy atom. The fraction of sp³-hybridized carbons (Fsp3) is 0.500. The van der Waals surface area contributed by atoms with E-state index in [1.165, 1.54) is 11.0 Å². The number of carbonyl (C=O) groups is 2. The van der Waals surface area contributed by atoms with Crippen LogP contribution in [0.25, 0.3) is 0 Å². The third-order valence-corrected chi connectivity index (χ3v) is 3.80. The number of nitrogens with one attached hydrogen (secondary N) is 1. The molecular weight excluding hydrogens is 287 g/mol. The predicted molar refractivity (Wildman–Crippen MR) is 79.6 cm³/mol. The predicted octanol–water partition coefficient (Wildman–Crippen LogP) is 1.64. The molecule has 1 fully saturated rings. The van der Waals surface area contributed by atoms with Crippen LogP contribution in [-0.4, -0.2) is 43.0 Å². The van der Waals surface area contributed by atoms with Crippen LogP contribution in [0.15, 0.2) is 24.3 Å². The fourth-order valence-corrected chi connectivity index (χ4v) is 2.51. The molecule has 2 rings (SSSR count). The van der Waals surface area contributed by atoms with Gasteiger partial charge in [0, 0.05) is 19.2 Å². The number of hydrogen-bond acceptors (Lipinski definition) is 3. The van der Waals surface area contributed by atoms with Crippen molar-refractivity contribution in [2.24, 2.45) is 0 Å². The number of likely N-dealkylation sites (N-methyl/N-ethyl adjacent to an activating group) is 1. The second-order valence-electron chi connectivity index (χ2n) is 5.35. The molecule has 0 bridgehead atoms.